The maximum Gasteiger partial charge on any atom is 0.307 e. The third kappa shape index (κ3) is 4.47. The average Bonchev–Trinajstić information content (AvgIpc) is 3.16. The van der Waals surface area contributed by atoms with E-state index in [0.717, 1.165) is 5.56 Å². The minimum atomic E-state index is -0.450. The molecule has 3 rings (SSSR count). The van der Waals surface area contributed by atoms with Gasteiger partial charge >= 0.3 is 5.91 Å². The van der Waals surface area contributed by atoms with Gasteiger partial charge in [0.1, 0.15) is 12.4 Å². The molecule has 7 heteroatoms. The lowest BCUT2D eigenvalue weighted by atomic mass is 10.3. The number of pyridine rings is 1. The molecule has 26 heavy (non-hydrogen) atoms. The number of methoxy groups -OCH3 is 1. The number of nitrogens with one attached hydrogen (secondary N) is 1. The van der Waals surface area contributed by atoms with E-state index < -0.39 is 5.91 Å². The highest BCUT2D eigenvalue weighted by atomic mass is 16.5. The minimum Gasteiger partial charge on any atom is -0.493 e. The summed E-state index contributed by atoms with van der Waals surface area (Å²) in [5.41, 5.74) is 3.18. The van der Waals surface area contributed by atoms with E-state index in [4.69, 9.17) is 13.9 Å². The van der Waals surface area contributed by atoms with Crippen LogP contribution in [-0.2, 0) is 6.61 Å². The van der Waals surface area contributed by atoms with Crippen LogP contribution in [0.2, 0.25) is 0 Å². The lowest BCUT2D eigenvalue weighted by Gasteiger charge is -2.08. The third-order valence-electron chi connectivity index (χ3n) is 3.39. The molecule has 1 N–H and O–H groups in total. The van der Waals surface area contributed by atoms with Crippen molar-refractivity contribution in [3.8, 4) is 11.5 Å². The third-order valence-corrected chi connectivity index (χ3v) is 3.39. The molecule has 3 aromatic rings. The number of nitrogens with zero attached hydrogens (tertiary/aromatic N) is 2. The van der Waals surface area contributed by atoms with Crippen LogP contribution < -0.4 is 14.9 Å². The van der Waals surface area contributed by atoms with Crippen molar-refractivity contribution in [1.82, 2.24) is 10.4 Å². The van der Waals surface area contributed by atoms with Crippen LogP contribution in [0.5, 0.6) is 11.5 Å². The van der Waals surface area contributed by atoms with Crippen molar-refractivity contribution < 1.29 is 18.7 Å². The molecule has 132 valence electrons. The molecule has 0 bridgehead atoms. The summed E-state index contributed by atoms with van der Waals surface area (Å²) in [6.07, 6.45) is 4.79. The van der Waals surface area contributed by atoms with Gasteiger partial charge in [-0.25, -0.2) is 5.43 Å². The molecule has 1 aromatic carbocycles. The van der Waals surface area contributed by atoms with Gasteiger partial charge in [0.2, 0.25) is 0 Å². The molecule has 0 spiro atoms. The lowest BCUT2D eigenvalue weighted by molar-refractivity contribution is 0.0923. The molecule has 0 radical (unpaired) electrons. The maximum absolute atomic E-state index is 12.0. The standard InChI is InChI=1S/C19H17N3O4/c1-24-16-6-2-3-7-17(16)25-13-15-8-9-18(26-15)19(23)22-21-12-14-5-4-10-20-11-14/h2-12H,13H2,1H3,(H,22,23). The molecule has 0 aliphatic heterocycles. The zero-order valence-electron chi connectivity index (χ0n) is 14.1. The van der Waals surface area contributed by atoms with E-state index in [1.807, 2.05) is 18.2 Å². The number of furan rings is 1. The van der Waals surface area contributed by atoms with Crippen LogP contribution in [0.15, 0.2) is 70.4 Å². The highest BCUT2D eigenvalue weighted by molar-refractivity contribution is 5.92. The molecular weight excluding hydrogens is 334 g/mol. The SMILES string of the molecule is COc1ccccc1OCc1ccc(C(=O)NN=Cc2cccnc2)o1. The van der Waals surface area contributed by atoms with E-state index in [9.17, 15) is 4.79 Å². The van der Waals surface area contributed by atoms with Crippen molar-refractivity contribution >= 4 is 12.1 Å². The van der Waals surface area contributed by atoms with Crippen LogP contribution in [0, 0.1) is 0 Å². The second-order valence-corrected chi connectivity index (χ2v) is 5.19. The molecule has 0 saturated heterocycles. The second-order valence-electron chi connectivity index (χ2n) is 5.19. The van der Waals surface area contributed by atoms with Gasteiger partial charge in [-0.05, 0) is 30.3 Å². The normalized spacial score (nSPS) is 10.7. The highest BCUT2D eigenvalue weighted by Gasteiger charge is 2.11. The fraction of sp³-hybridized carbons (Fsp3) is 0.105. The van der Waals surface area contributed by atoms with Gasteiger partial charge in [0, 0.05) is 18.0 Å². The monoisotopic (exact) mass is 351 g/mol. The van der Waals surface area contributed by atoms with E-state index in [1.54, 1.807) is 49.8 Å². The fourth-order valence-corrected chi connectivity index (χ4v) is 2.14. The van der Waals surface area contributed by atoms with Crippen LogP contribution in [-0.4, -0.2) is 24.2 Å². The van der Waals surface area contributed by atoms with E-state index in [-0.39, 0.29) is 12.4 Å². The predicted molar refractivity (Wildman–Crippen MR) is 95.3 cm³/mol. The van der Waals surface area contributed by atoms with Gasteiger partial charge in [0.05, 0.1) is 13.3 Å². The van der Waals surface area contributed by atoms with E-state index in [1.165, 1.54) is 6.21 Å². The second kappa shape index (κ2) is 8.48. The Labute approximate surface area is 150 Å². The summed E-state index contributed by atoms with van der Waals surface area (Å²) in [5, 5.41) is 3.87. The summed E-state index contributed by atoms with van der Waals surface area (Å²) >= 11 is 0. The summed E-state index contributed by atoms with van der Waals surface area (Å²) < 4.78 is 16.4. The minimum absolute atomic E-state index is 0.145. The number of aromatic nitrogens is 1. The number of hydrogen-bond donors (Lipinski definition) is 1. The Morgan fingerprint density at radius 2 is 2.04 bits per heavy atom. The summed E-state index contributed by atoms with van der Waals surface area (Å²) in [4.78, 5) is 16.0. The molecule has 0 atom stereocenters. The van der Waals surface area contributed by atoms with Crippen LogP contribution in [0.3, 0.4) is 0 Å². The number of hydrazone groups is 1. The predicted octanol–water partition coefficient (Wildman–Crippen LogP) is 3.03. The first kappa shape index (κ1) is 17.2. The van der Waals surface area contributed by atoms with Crippen molar-refractivity contribution in [3.63, 3.8) is 0 Å². The van der Waals surface area contributed by atoms with Crippen molar-refractivity contribution in [2.24, 2.45) is 5.10 Å². The maximum atomic E-state index is 12.0. The summed E-state index contributed by atoms with van der Waals surface area (Å²) in [7, 11) is 1.57. The van der Waals surface area contributed by atoms with Crippen LogP contribution in [0.4, 0.5) is 0 Å². The number of carbonyl (C=O) groups excluding carboxylic acids is 1. The lowest BCUT2D eigenvalue weighted by Crippen LogP contribution is -2.16. The van der Waals surface area contributed by atoms with Crippen molar-refractivity contribution in [1.29, 1.82) is 0 Å². The van der Waals surface area contributed by atoms with Crippen LogP contribution >= 0.6 is 0 Å². The van der Waals surface area contributed by atoms with Crippen LogP contribution in [0.1, 0.15) is 21.9 Å². The Bertz CT molecular complexity index is 891. The number of amides is 1. The molecule has 0 aliphatic rings. The first-order valence-electron chi connectivity index (χ1n) is 7.84. The number of benzene rings is 1. The van der Waals surface area contributed by atoms with Gasteiger partial charge in [0.15, 0.2) is 17.3 Å². The molecule has 0 fully saturated rings. The molecule has 1 amide bonds. The quantitative estimate of drug-likeness (QED) is 0.522. The Hall–Kier alpha value is -3.61. The topological polar surface area (TPSA) is 86.0 Å². The van der Waals surface area contributed by atoms with Gasteiger partial charge in [-0.15, -0.1) is 0 Å². The molecule has 2 heterocycles. The van der Waals surface area contributed by atoms with E-state index >= 15 is 0 Å². The highest BCUT2D eigenvalue weighted by Crippen LogP contribution is 2.26. The zero-order valence-corrected chi connectivity index (χ0v) is 14.1. The number of rotatable bonds is 7. The van der Waals surface area contributed by atoms with Gasteiger partial charge in [0.25, 0.3) is 0 Å². The molecular formula is C19H17N3O4. The summed E-state index contributed by atoms with van der Waals surface area (Å²) in [6.45, 7) is 0.173. The van der Waals surface area contributed by atoms with Gasteiger partial charge in [-0.3, -0.25) is 9.78 Å². The Kier molecular flexibility index (Phi) is 5.61. The number of hydrogen-bond acceptors (Lipinski definition) is 6. The molecule has 0 aliphatic carbocycles. The summed E-state index contributed by atoms with van der Waals surface area (Å²) in [5.74, 6) is 1.43. The number of ether oxygens (including phenoxy) is 2. The Morgan fingerprint density at radius 3 is 2.81 bits per heavy atom. The zero-order chi connectivity index (χ0) is 18.2. The number of para-hydroxylation sites is 2. The van der Waals surface area contributed by atoms with Gasteiger partial charge in [-0.2, -0.15) is 5.10 Å². The smallest absolute Gasteiger partial charge is 0.307 e. The Balaban J connectivity index is 1.55. The van der Waals surface area contributed by atoms with Crippen LogP contribution in [0.25, 0.3) is 0 Å². The summed E-state index contributed by atoms with van der Waals surface area (Å²) in [6, 6.07) is 14.1. The van der Waals surface area contributed by atoms with Gasteiger partial charge in [-0.1, -0.05) is 18.2 Å². The molecule has 0 unspecified atom stereocenters. The molecule has 2 aromatic heterocycles. The fourth-order valence-electron chi connectivity index (χ4n) is 2.14. The van der Waals surface area contributed by atoms with E-state index in [2.05, 4.69) is 15.5 Å². The molecule has 7 nitrogen and oxygen atoms in total. The molecule has 0 saturated carbocycles. The number of carbonyl (C=O) groups is 1. The van der Waals surface area contributed by atoms with Gasteiger partial charge < -0.3 is 13.9 Å². The van der Waals surface area contributed by atoms with Crippen molar-refractivity contribution in [2.45, 2.75) is 6.61 Å². The Morgan fingerprint density at radius 1 is 1.19 bits per heavy atom. The average molecular weight is 351 g/mol. The largest absolute Gasteiger partial charge is 0.493 e. The van der Waals surface area contributed by atoms with Crippen molar-refractivity contribution in [3.05, 3.63) is 78.0 Å². The van der Waals surface area contributed by atoms with E-state index in [0.29, 0.717) is 17.3 Å². The first-order valence-corrected chi connectivity index (χ1v) is 7.84. The first-order chi connectivity index (χ1) is 12.8. The van der Waals surface area contributed by atoms with Crippen molar-refractivity contribution in [2.75, 3.05) is 7.11 Å².